The highest BCUT2D eigenvalue weighted by Crippen LogP contribution is 2.44. The predicted octanol–water partition coefficient (Wildman–Crippen LogP) is 6.10. The lowest BCUT2D eigenvalue weighted by atomic mass is 9.67. The molecule has 2 heteroatoms. The molecule has 0 radical (unpaired) electrons. The van der Waals surface area contributed by atoms with Gasteiger partial charge in [0.25, 0.3) is 0 Å². The Balaban J connectivity index is 1.76. The van der Waals surface area contributed by atoms with E-state index in [2.05, 4.69) is 6.92 Å². The normalized spacial score (nSPS) is 42.6. The third kappa shape index (κ3) is 3.95. The highest BCUT2D eigenvalue weighted by molar-refractivity contribution is 4.91. The van der Waals surface area contributed by atoms with Crippen molar-refractivity contribution in [1.29, 1.82) is 0 Å². The van der Waals surface area contributed by atoms with Crippen LogP contribution in [0.5, 0.6) is 0 Å². The van der Waals surface area contributed by atoms with Crippen molar-refractivity contribution in [2.45, 2.75) is 90.4 Å². The first-order valence-corrected chi connectivity index (χ1v) is 8.91. The molecule has 0 N–H and O–H groups in total. The van der Waals surface area contributed by atoms with E-state index in [4.69, 9.17) is 0 Å². The number of hydrogen-bond acceptors (Lipinski definition) is 0. The molecule has 0 aromatic rings. The summed E-state index contributed by atoms with van der Waals surface area (Å²) in [4.78, 5) is 0. The zero-order valence-corrected chi connectivity index (χ0v) is 13.3. The van der Waals surface area contributed by atoms with E-state index < -0.39 is 12.3 Å². The van der Waals surface area contributed by atoms with E-state index in [0.29, 0.717) is 5.92 Å². The van der Waals surface area contributed by atoms with Gasteiger partial charge in [-0.05, 0) is 49.4 Å². The van der Waals surface area contributed by atoms with Crippen LogP contribution in [0.1, 0.15) is 78.1 Å². The van der Waals surface area contributed by atoms with E-state index in [9.17, 15) is 8.78 Å². The Hall–Kier alpha value is -0.140. The van der Waals surface area contributed by atoms with Crippen LogP contribution in [0.2, 0.25) is 0 Å². The molecule has 2 fully saturated rings. The van der Waals surface area contributed by atoms with Crippen molar-refractivity contribution < 1.29 is 8.78 Å². The molecule has 0 heterocycles. The van der Waals surface area contributed by atoms with Crippen molar-refractivity contribution in [2.75, 3.05) is 0 Å². The molecule has 2 saturated carbocycles. The van der Waals surface area contributed by atoms with E-state index in [0.717, 1.165) is 31.6 Å². The van der Waals surface area contributed by atoms with Gasteiger partial charge in [0.2, 0.25) is 0 Å². The van der Waals surface area contributed by atoms with Crippen molar-refractivity contribution in [3.63, 3.8) is 0 Å². The zero-order valence-electron chi connectivity index (χ0n) is 13.3. The molecule has 0 aromatic carbocycles. The van der Waals surface area contributed by atoms with Crippen LogP contribution in [0.4, 0.5) is 8.78 Å². The lowest BCUT2D eigenvalue weighted by Gasteiger charge is -2.40. The number of unbranched alkanes of at least 4 members (excludes halogenated alkanes) is 2. The largest absolute Gasteiger partial charge is 0.244 e. The van der Waals surface area contributed by atoms with E-state index >= 15 is 0 Å². The summed E-state index contributed by atoms with van der Waals surface area (Å²) in [6.45, 7) is 4.10. The summed E-state index contributed by atoms with van der Waals surface area (Å²) < 4.78 is 28.1. The molecule has 0 saturated heterocycles. The Morgan fingerprint density at radius 2 is 1.55 bits per heavy atom. The van der Waals surface area contributed by atoms with Gasteiger partial charge in [0, 0.05) is 0 Å². The summed E-state index contributed by atoms with van der Waals surface area (Å²) >= 11 is 0. The Labute approximate surface area is 123 Å². The second-order valence-corrected chi connectivity index (χ2v) is 7.38. The average Bonchev–Trinajstić information content (AvgIpc) is 2.46. The summed E-state index contributed by atoms with van der Waals surface area (Å²) in [5.74, 6) is 1.25. The van der Waals surface area contributed by atoms with Gasteiger partial charge < -0.3 is 0 Å². The average molecular weight is 286 g/mol. The molecule has 0 aliphatic heterocycles. The van der Waals surface area contributed by atoms with Crippen LogP contribution in [-0.2, 0) is 0 Å². The maximum absolute atomic E-state index is 14.2. The van der Waals surface area contributed by atoms with Crippen LogP contribution >= 0.6 is 0 Å². The third-order valence-corrected chi connectivity index (χ3v) is 5.93. The number of rotatable bonds is 5. The Kier molecular flexibility index (Phi) is 6.29. The molecule has 2 rings (SSSR count). The minimum Gasteiger partial charge on any atom is -0.244 e. The van der Waals surface area contributed by atoms with Crippen LogP contribution < -0.4 is 0 Å². The van der Waals surface area contributed by atoms with Gasteiger partial charge >= 0.3 is 0 Å². The highest BCUT2D eigenvalue weighted by atomic mass is 19.2. The topological polar surface area (TPSA) is 0 Å². The molecule has 0 aromatic heterocycles. The first-order chi connectivity index (χ1) is 9.63. The lowest BCUT2D eigenvalue weighted by molar-refractivity contribution is -0.00670. The molecule has 4 atom stereocenters. The van der Waals surface area contributed by atoms with Gasteiger partial charge in [-0.2, -0.15) is 0 Å². The van der Waals surface area contributed by atoms with Crippen molar-refractivity contribution in [1.82, 2.24) is 0 Å². The zero-order chi connectivity index (χ0) is 14.5. The van der Waals surface area contributed by atoms with Crippen molar-refractivity contribution in [3.8, 4) is 0 Å². The molecule has 2 aliphatic rings. The molecule has 0 nitrogen and oxygen atoms in total. The summed E-state index contributed by atoms with van der Waals surface area (Å²) in [6.07, 6.45) is 9.51. The fourth-order valence-corrected chi connectivity index (χ4v) is 4.41. The van der Waals surface area contributed by atoms with Crippen LogP contribution in [0, 0.1) is 23.7 Å². The molecule has 0 amide bonds. The van der Waals surface area contributed by atoms with Gasteiger partial charge in [0.15, 0.2) is 0 Å². The Morgan fingerprint density at radius 1 is 0.850 bits per heavy atom. The third-order valence-electron chi connectivity index (χ3n) is 5.93. The molecule has 0 spiro atoms. The van der Waals surface area contributed by atoms with E-state index in [1.165, 1.54) is 38.5 Å². The monoisotopic (exact) mass is 286 g/mol. The van der Waals surface area contributed by atoms with Gasteiger partial charge in [0.05, 0.1) is 0 Å². The first kappa shape index (κ1) is 16.2. The van der Waals surface area contributed by atoms with Crippen LogP contribution in [0.15, 0.2) is 0 Å². The second-order valence-electron chi connectivity index (χ2n) is 7.38. The fraction of sp³-hybridized carbons (Fsp3) is 1.00. The number of halogens is 2. The predicted molar refractivity (Wildman–Crippen MR) is 81.3 cm³/mol. The highest BCUT2D eigenvalue weighted by Gasteiger charge is 2.42. The number of alkyl halides is 2. The standard InChI is InChI=1S/C18H32F2/c1-3-4-5-6-14-8-10-15(11-9-14)16-12-7-13(2)17(19)18(16)20/h13-18H,3-12H2,1-2H3/t13?,14?,15?,16?,17-,18?/m0/s1. The van der Waals surface area contributed by atoms with Gasteiger partial charge in [-0.15, -0.1) is 0 Å². The molecule has 2 aliphatic carbocycles. The molecule has 0 bridgehead atoms. The molecule has 118 valence electrons. The lowest BCUT2D eigenvalue weighted by Crippen LogP contribution is -2.41. The molecule has 20 heavy (non-hydrogen) atoms. The molecular formula is C18H32F2. The van der Waals surface area contributed by atoms with Crippen molar-refractivity contribution in [2.24, 2.45) is 23.7 Å². The van der Waals surface area contributed by atoms with Gasteiger partial charge in [-0.1, -0.05) is 52.4 Å². The Bertz CT molecular complexity index is 271. The van der Waals surface area contributed by atoms with Gasteiger partial charge in [-0.25, -0.2) is 8.78 Å². The quantitative estimate of drug-likeness (QED) is 0.536. The van der Waals surface area contributed by atoms with Gasteiger partial charge in [-0.3, -0.25) is 0 Å². The van der Waals surface area contributed by atoms with E-state index in [-0.39, 0.29) is 11.8 Å². The second kappa shape index (κ2) is 7.75. The van der Waals surface area contributed by atoms with Crippen LogP contribution in [0.3, 0.4) is 0 Å². The summed E-state index contributed by atoms with van der Waals surface area (Å²) in [5, 5.41) is 0. The first-order valence-electron chi connectivity index (χ1n) is 8.91. The smallest absolute Gasteiger partial charge is 0.134 e. The molecular weight excluding hydrogens is 254 g/mol. The summed E-state index contributed by atoms with van der Waals surface area (Å²) in [7, 11) is 0. The van der Waals surface area contributed by atoms with Crippen molar-refractivity contribution in [3.05, 3.63) is 0 Å². The number of hydrogen-bond donors (Lipinski definition) is 0. The summed E-state index contributed by atoms with van der Waals surface area (Å²) in [6, 6.07) is 0. The maximum Gasteiger partial charge on any atom is 0.134 e. The minimum atomic E-state index is -1.21. The fourth-order valence-electron chi connectivity index (χ4n) is 4.41. The van der Waals surface area contributed by atoms with Crippen molar-refractivity contribution >= 4 is 0 Å². The summed E-state index contributed by atoms with van der Waals surface area (Å²) in [5.41, 5.74) is 0. The van der Waals surface area contributed by atoms with E-state index in [1.807, 2.05) is 6.92 Å². The van der Waals surface area contributed by atoms with E-state index in [1.54, 1.807) is 0 Å². The van der Waals surface area contributed by atoms with Gasteiger partial charge in [0.1, 0.15) is 12.3 Å². The SMILES string of the molecule is CCCCCC1CCC(C2CCC(C)[C@H](F)C2F)CC1. The maximum atomic E-state index is 14.2. The minimum absolute atomic E-state index is 0.0118. The Morgan fingerprint density at radius 3 is 2.20 bits per heavy atom. The van der Waals surface area contributed by atoms with Crippen LogP contribution in [-0.4, -0.2) is 12.3 Å². The molecule has 3 unspecified atom stereocenters. The van der Waals surface area contributed by atoms with Crippen LogP contribution in [0.25, 0.3) is 0 Å².